The average molecular weight is 202 g/mol. The molecule has 0 aliphatic heterocycles. The second-order valence-corrected chi connectivity index (χ2v) is 5.16. The Bertz CT molecular complexity index is 325. The lowest BCUT2D eigenvalue weighted by Gasteiger charge is -2.10. The van der Waals surface area contributed by atoms with E-state index in [0.29, 0.717) is 0 Å². The molecule has 0 radical (unpaired) electrons. The Morgan fingerprint density at radius 3 is 2.73 bits per heavy atom. The first-order valence-corrected chi connectivity index (χ1v) is 6.34. The largest absolute Gasteiger partial charge is 0.0625 e. The van der Waals surface area contributed by atoms with Crippen molar-refractivity contribution in [3.8, 4) is 0 Å². The topological polar surface area (TPSA) is 0 Å². The fourth-order valence-corrected chi connectivity index (χ4v) is 2.59. The highest BCUT2D eigenvalue weighted by Gasteiger charge is 2.09. The average Bonchev–Trinajstić information content (AvgIpc) is 2.30. The summed E-state index contributed by atoms with van der Waals surface area (Å²) < 4.78 is 0. The Kier molecular flexibility index (Phi) is 3.45. The van der Waals surface area contributed by atoms with Gasteiger partial charge in [-0.2, -0.15) is 0 Å². The zero-order chi connectivity index (χ0) is 10.7. The van der Waals surface area contributed by atoms with Crippen LogP contribution in [0, 0.1) is 12.8 Å². The summed E-state index contributed by atoms with van der Waals surface area (Å²) in [6.07, 6.45) is 8.17. The summed E-state index contributed by atoms with van der Waals surface area (Å²) in [6.45, 7) is 4.61. The summed E-state index contributed by atoms with van der Waals surface area (Å²) >= 11 is 0. The van der Waals surface area contributed by atoms with E-state index in [1.807, 2.05) is 0 Å². The molecule has 0 fully saturated rings. The Morgan fingerprint density at radius 2 is 1.87 bits per heavy atom. The highest BCUT2D eigenvalue weighted by Crippen LogP contribution is 2.23. The summed E-state index contributed by atoms with van der Waals surface area (Å²) in [6, 6.07) is 7.01. The van der Waals surface area contributed by atoms with E-state index < -0.39 is 0 Å². The van der Waals surface area contributed by atoms with Crippen LogP contribution in [0.3, 0.4) is 0 Å². The van der Waals surface area contributed by atoms with E-state index >= 15 is 0 Å². The summed E-state index contributed by atoms with van der Waals surface area (Å²) in [7, 11) is 0. The van der Waals surface area contributed by atoms with Gasteiger partial charge < -0.3 is 0 Å². The van der Waals surface area contributed by atoms with Crippen LogP contribution in [0.4, 0.5) is 0 Å². The van der Waals surface area contributed by atoms with Crippen LogP contribution in [-0.4, -0.2) is 0 Å². The van der Waals surface area contributed by atoms with Gasteiger partial charge in [0.1, 0.15) is 0 Å². The van der Waals surface area contributed by atoms with Crippen LogP contribution >= 0.6 is 0 Å². The predicted molar refractivity (Wildman–Crippen MR) is 66.2 cm³/mol. The molecule has 0 aromatic heterocycles. The molecule has 1 unspecified atom stereocenters. The Labute approximate surface area is 93.7 Å². The third kappa shape index (κ3) is 2.84. The molecule has 0 N–H and O–H groups in total. The van der Waals surface area contributed by atoms with Crippen molar-refractivity contribution in [2.24, 2.45) is 5.92 Å². The smallest absolute Gasteiger partial charge is 0.0274 e. The Morgan fingerprint density at radius 1 is 1.00 bits per heavy atom. The Balaban J connectivity index is 2.21. The fraction of sp³-hybridized carbons (Fsp3) is 0.600. The highest BCUT2D eigenvalue weighted by molar-refractivity contribution is 5.32. The van der Waals surface area contributed by atoms with E-state index in [9.17, 15) is 0 Å². The number of hydrogen-bond donors (Lipinski definition) is 0. The van der Waals surface area contributed by atoms with Gasteiger partial charge in [0.15, 0.2) is 0 Å². The van der Waals surface area contributed by atoms with Crippen molar-refractivity contribution in [1.82, 2.24) is 0 Å². The molecule has 0 saturated heterocycles. The van der Waals surface area contributed by atoms with Crippen LogP contribution < -0.4 is 0 Å². The normalized spacial score (nSPS) is 22.4. The molecular weight excluding hydrogens is 180 g/mol. The van der Waals surface area contributed by atoms with Gasteiger partial charge in [-0.05, 0) is 49.7 Å². The molecule has 1 aliphatic carbocycles. The van der Waals surface area contributed by atoms with Crippen molar-refractivity contribution >= 4 is 0 Å². The summed E-state index contributed by atoms with van der Waals surface area (Å²) in [4.78, 5) is 0. The van der Waals surface area contributed by atoms with Crippen LogP contribution in [0.2, 0.25) is 0 Å². The third-order valence-electron chi connectivity index (χ3n) is 3.66. The van der Waals surface area contributed by atoms with Crippen molar-refractivity contribution in [3.63, 3.8) is 0 Å². The first kappa shape index (κ1) is 10.7. The monoisotopic (exact) mass is 202 g/mol. The maximum atomic E-state index is 2.40. The molecule has 1 aromatic carbocycles. The van der Waals surface area contributed by atoms with Crippen molar-refractivity contribution in [3.05, 3.63) is 34.9 Å². The van der Waals surface area contributed by atoms with Crippen LogP contribution in [0.25, 0.3) is 0 Å². The zero-order valence-electron chi connectivity index (χ0n) is 10.1. The summed E-state index contributed by atoms with van der Waals surface area (Å²) in [5.74, 6) is 0.914. The molecule has 0 saturated carbocycles. The first-order chi connectivity index (χ1) is 7.25. The van der Waals surface area contributed by atoms with E-state index in [1.54, 1.807) is 11.1 Å². The maximum absolute atomic E-state index is 2.40. The molecule has 0 heteroatoms. The van der Waals surface area contributed by atoms with Gasteiger partial charge in [-0.3, -0.25) is 0 Å². The lowest BCUT2D eigenvalue weighted by Crippen LogP contribution is -1.97. The van der Waals surface area contributed by atoms with E-state index in [-0.39, 0.29) is 0 Å². The van der Waals surface area contributed by atoms with E-state index in [2.05, 4.69) is 32.0 Å². The van der Waals surface area contributed by atoms with Gasteiger partial charge in [0.25, 0.3) is 0 Å². The van der Waals surface area contributed by atoms with Crippen molar-refractivity contribution < 1.29 is 0 Å². The van der Waals surface area contributed by atoms with Crippen molar-refractivity contribution in [2.45, 2.75) is 52.4 Å². The molecule has 0 amide bonds. The van der Waals surface area contributed by atoms with E-state index in [1.165, 1.54) is 44.1 Å². The second-order valence-electron chi connectivity index (χ2n) is 5.16. The summed E-state index contributed by atoms with van der Waals surface area (Å²) in [5, 5.41) is 0. The molecule has 2 rings (SSSR count). The van der Waals surface area contributed by atoms with Gasteiger partial charge in [-0.25, -0.2) is 0 Å². The van der Waals surface area contributed by atoms with Gasteiger partial charge in [-0.15, -0.1) is 0 Å². The SMILES string of the molecule is Cc1ccc2c(c1)CCCCC(C)CC2. The minimum atomic E-state index is 0.914. The summed E-state index contributed by atoms with van der Waals surface area (Å²) in [5.41, 5.74) is 4.64. The predicted octanol–water partition coefficient (Wildman–Crippen LogP) is 4.29. The molecule has 1 aromatic rings. The van der Waals surface area contributed by atoms with Crippen LogP contribution in [0.1, 0.15) is 49.3 Å². The van der Waals surface area contributed by atoms with E-state index in [4.69, 9.17) is 0 Å². The fourth-order valence-electron chi connectivity index (χ4n) is 2.59. The standard InChI is InChI=1S/C15H22/c1-12-5-3-4-6-15-11-13(2)8-10-14(15)9-7-12/h8,10-12H,3-7,9H2,1-2H3. The Hall–Kier alpha value is -0.780. The number of aryl methyl sites for hydroxylation is 3. The molecule has 1 atom stereocenters. The van der Waals surface area contributed by atoms with Gasteiger partial charge in [0.2, 0.25) is 0 Å². The van der Waals surface area contributed by atoms with Gasteiger partial charge in [-0.1, -0.05) is 43.5 Å². The second kappa shape index (κ2) is 4.83. The molecule has 0 spiro atoms. The molecule has 0 heterocycles. The lowest BCUT2D eigenvalue weighted by molar-refractivity contribution is 0.473. The van der Waals surface area contributed by atoms with Crippen molar-refractivity contribution in [2.75, 3.05) is 0 Å². The van der Waals surface area contributed by atoms with Gasteiger partial charge in [0.05, 0.1) is 0 Å². The van der Waals surface area contributed by atoms with Crippen LogP contribution in [0.5, 0.6) is 0 Å². The zero-order valence-corrected chi connectivity index (χ0v) is 10.1. The number of rotatable bonds is 0. The van der Waals surface area contributed by atoms with Gasteiger partial charge in [0, 0.05) is 0 Å². The molecular formula is C15H22. The van der Waals surface area contributed by atoms with Crippen molar-refractivity contribution in [1.29, 1.82) is 0 Å². The molecule has 15 heavy (non-hydrogen) atoms. The minimum Gasteiger partial charge on any atom is -0.0625 e. The highest BCUT2D eigenvalue weighted by atomic mass is 14.1. The van der Waals surface area contributed by atoms with Crippen LogP contribution in [0.15, 0.2) is 18.2 Å². The molecule has 82 valence electrons. The maximum Gasteiger partial charge on any atom is -0.0274 e. The molecule has 1 aliphatic rings. The quantitative estimate of drug-likeness (QED) is 0.588. The number of fused-ring (bicyclic) bond motifs is 1. The molecule has 0 bridgehead atoms. The first-order valence-electron chi connectivity index (χ1n) is 6.34. The lowest BCUT2D eigenvalue weighted by atomic mass is 9.96. The third-order valence-corrected chi connectivity index (χ3v) is 3.66. The van der Waals surface area contributed by atoms with Crippen LogP contribution in [-0.2, 0) is 12.8 Å². The number of hydrogen-bond acceptors (Lipinski definition) is 0. The van der Waals surface area contributed by atoms with Gasteiger partial charge >= 0.3 is 0 Å². The minimum absolute atomic E-state index is 0.914. The number of benzene rings is 1. The van der Waals surface area contributed by atoms with E-state index in [0.717, 1.165) is 5.92 Å². The molecule has 0 nitrogen and oxygen atoms in total.